The van der Waals surface area contributed by atoms with Crippen LogP contribution in [0.2, 0.25) is 5.02 Å². The molecule has 0 atom stereocenters. The monoisotopic (exact) mass is 370 g/mol. The van der Waals surface area contributed by atoms with E-state index in [0.717, 1.165) is 10.4 Å². The fourth-order valence-electron chi connectivity index (χ4n) is 2.17. The summed E-state index contributed by atoms with van der Waals surface area (Å²) in [6, 6.07) is 8.26. The molecule has 0 heterocycles. The molecule has 0 aliphatic carbocycles. The van der Waals surface area contributed by atoms with Crippen LogP contribution in [0.5, 0.6) is 5.75 Å². The number of anilines is 1. The largest absolute Gasteiger partial charge is 0.495 e. The standard InChI is InChI=1S/C15H15ClN2O5S/c1-10-4-6-12(18(19)20)9-15(10)24(21,22)17(2)13-8-11(16)5-7-14(13)23-3/h4-9H,1-3H3. The summed E-state index contributed by atoms with van der Waals surface area (Å²) in [6.07, 6.45) is 0. The Kier molecular flexibility index (Phi) is 5.00. The van der Waals surface area contributed by atoms with Crippen molar-refractivity contribution in [1.29, 1.82) is 0 Å². The highest BCUT2D eigenvalue weighted by Crippen LogP contribution is 2.35. The predicted molar refractivity (Wildman–Crippen MR) is 91.4 cm³/mol. The number of nitro groups is 1. The molecular formula is C15H15ClN2O5S. The van der Waals surface area contributed by atoms with Gasteiger partial charge in [0.05, 0.1) is 22.6 Å². The average Bonchev–Trinajstić information content (AvgIpc) is 2.54. The fraction of sp³-hybridized carbons (Fsp3) is 0.200. The number of hydrogen-bond acceptors (Lipinski definition) is 5. The first-order valence-electron chi connectivity index (χ1n) is 6.76. The maximum absolute atomic E-state index is 12.9. The molecule has 0 spiro atoms. The molecule has 128 valence electrons. The summed E-state index contributed by atoms with van der Waals surface area (Å²) in [4.78, 5) is 10.1. The molecule has 0 radical (unpaired) electrons. The number of rotatable bonds is 5. The van der Waals surface area contributed by atoms with Crippen LogP contribution in [0.4, 0.5) is 11.4 Å². The third kappa shape index (κ3) is 3.29. The Hall–Kier alpha value is -2.32. The molecule has 0 saturated carbocycles. The topological polar surface area (TPSA) is 89.8 Å². The van der Waals surface area contributed by atoms with E-state index in [1.165, 1.54) is 32.4 Å². The molecular weight excluding hydrogens is 356 g/mol. The summed E-state index contributed by atoms with van der Waals surface area (Å²) in [5.41, 5.74) is 0.329. The minimum absolute atomic E-state index is 0.152. The first-order valence-corrected chi connectivity index (χ1v) is 8.58. The number of non-ortho nitro benzene ring substituents is 1. The number of nitrogens with zero attached hydrogens (tertiary/aromatic N) is 2. The Morgan fingerprint density at radius 3 is 2.46 bits per heavy atom. The van der Waals surface area contributed by atoms with Gasteiger partial charge in [0, 0.05) is 24.2 Å². The summed E-state index contributed by atoms with van der Waals surface area (Å²) in [5, 5.41) is 11.3. The lowest BCUT2D eigenvalue weighted by molar-refractivity contribution is -0.385. The van der Waals surface area contributed by atoms with Crippen LogP contribution < -0.4 is 9.04 Å². The zero-order chi connectivity index (χ0) is 18.1. The van der Waals surface area contributed by atoms with Crippen LogP contribution in [0.1, 0.15) is 5.56 Å². The number of hydrogen-bond donors (Lipinski definition) is 0. The van der Waals surface area contributed by atoms with Crippen LogP contribution in [0, 0.1) is 17.0 Å². The summed E-state index contributed by atoms with van der Waals surface area (Å²) in [5.74, 6) is 0.313. The molecule has 0 unspecified atom stereocenters. The van der Waals surface area contributed by atoms with E-state index in [0.29, 0.717) is 16.3 Å². The van der Waals surface area contributed by atoms with Crippen molar-refractivity contribution in [3.63, 3.8) is 0 Å². The van der Waals surface area contributed by atoms with Gasteiger partial charge in [0.15, 0.2) is 0 Å². The number of halogens is 1. The lowest BCUT2D eigenvalue weighted by Gasteiger charge is -2.22. The van der Waals surface area contributed by atoms with Gasteiger partial charge in [-0.15, -0.1) is 0 Å². The highest BCUT2D eigenvalue weighted by atomic mass is 35.5. The van der Waals surface area contributed by atoms with Crippen molar-refractivity contribution in [2.45, 2.75) is 11.8 Å². The molecule has 0 N–H and O–H groups in total. The van der Waals surface area contributed by atoms with E-state index in [1.54, 1.807) is 19.1 Å². The van der Waals surface area contributed by atoms with Gasteiger partial charge in [-0.2, -0.15) is 0 Å². The van der Waals surface area contributed by atoms with Crippen LogP contribution in [0.15, 0.2) is 41.3 Å². The molecule has 0 aromatic heterocycles. The van der Waals surface area contributed by atoms with Gasteiger partial charge in [-0.1, -0.05) is 17.7 Å². The van der Waals surface area contributed by atoms with Gasteiger partial charge in [-0.25, -0.2) is 8.42 Å². The first kappa shape index (κ1) is 18.0. The van der Waals surface area contributed by atoms with Gasteiger partial charge >= 0.3 is 0 Å². The van der Waals surface area contributed by atoms with E-state index in [1.807, 2.05) is 0 Å². The van der Waals surface area contributed by atoms with E-state index in [2.05, 4.69) is 0 Å². The van der Waals surface area contributed by atoms with Crippen molar-refractivity contribution >= 4 is 33.0 Å². The number of aryl methyl sites for hydroxylation is 1. The highest BCUT2D eigenvalue weighted by Gasteiger charge is 2.27. The van der Waals surface area contributed by atoms with Gasteiger partial charge < -0.3 is 4.74 Å². The summed E-state index contributed by atoms with van der Waals surface area (Å²) in [7, 11) is -1.29. The molecule has 0 aliphatic heterocycles. The molecule has 7 nitrogen and oxygen atoms in total. The van der Waals surface area contributed by atoms with Crippen molar-refractivity contribution in [3.8, 4) is 5.75 Å². The van der Waals surface area contributed by atoms with Crippen molar-refractivity contribution in [2.24, 2.45) is 0 Å². The molecule has 0 amide bonds. The number of nitro benzene ring substituents is 1. The lowest BCUT2D eigenvalue weighted by atomic mass is 10.2. The minimum Gasteiger partial charge on any atom is -0.495 e. The van der Waals surface area contributed by atoms with Crippen molar-refractivity contribution in [3.05, 3.63) is 57.1 Å². The number of ether oxygens (including phenoxy) is 1. The van der Waals surface area contributed by atoms with Crippen LogP contribution >= 0.6 is 11.6 Å². The van der Waals surface area contributed by atoms with E-state index in [4.69, 9.17) is 16.3 Å². The Balaban J connectivity index is 2.61. The molecule has 0 saturated heterocycles. The smallest absolute Gasteiger partial charge is 0.270 e. The molecule has 2 aromatic rings. The molecule has 2 aromatic carbocycles. The first-order chi connectivity index (χ1) is 11.2. The normalized spacial score (nSPS) is 11.2. The second-order valence-electron chi connectivity index (χ2n) is 5.00. The van der Waals surface area contributed by atoms with Crippen molar-refractivity contribution in [2.75, 3.05) is 18.5 Å². The SMILES string of the molecule is COc1ccc(Cl)cc1N(C)S(=O)(=O)c1cc([N+](=O)[O-])ccc1C. The number of sulfonamides is 1. The third-order valence-electron chi connectivity index (χ3n) is 3.50. The highest BCUT2D eigenvalue weighted by molar-refractivity contribution is 7.92. The summed E-state index contributed by atoms with van der Waals surface area (Å²) < 4.78 is 32.0. The molecule has 0 aliphatic rings. The van der Waals surface area contributed by atoms with Crippen LogP contribution in [-0.2, 0) is 10.0 Å². The molecule has 2 rings (SSSR count). The Labute approximate surface area is 144 Å². The third-order valence-corrected chi connectivity index (χ3v) is 5.65. The molecule has 9 heteroatoms. The van der Waals surface area contributed by atoms with Gasteiger partial charge in [-0.3, -0.25) is 14.4 Å². The van der Waals surface area contributed by atoms with Gasteiger partial charge in [0.2, 0.25) is 0 Å². The Morgan fingerprint density at radius 1 is 1.21 bits per heavy atom. The molecule has 0 fully saturated rings. The lowest BCUT2D eigenvalue weighted by Crippen LogP contribution is -2.27. The minimum atomic E-state index is -4.04. The van der Waals surface area contributed by atoms with E-state index < -0.39 is 14.9 Å². The predicted octanol–water partition coefficient (Wildman–Crippen LogP) is 3.39. The summed E-state index contributed by atoms with van der Waals surface area (Å²) >= 11 is 5.95. The fourth-order valence-corrected chi connectivity index (χ4v) is 3.77. The number of methoxy groups -OCH3 is 1. The van der Waals surface area contributed by atoms with Gasteiger partial charge in [-0.05, 0) is 30.7 Å². The maximum Gasteiger partial charge on any atom is 0.270 e. The quantitative estimate of drug-likeness (QED) is 0.594. The second-order valence-corrected chi connectivity index (χ2v) is 7.37. The second kappa shape index (κ2) is 6.66. The summed E-state index contributed by atoms with van der Waals surface area (Å²) in [6.45, 7) is 1.57. The maximum atomic E-state index is 12.9. The zero-order valence-electron chi connectivity index (χ0n) is 13.2. The zero-order valence-corrected chi connectivity index (χ0v) is 14.8. The van der Waals surface area contributed by atoms with E-state index in [-0.39, 0.29) is 16.3 Å². The van der Waals surface area contributed by atoms with Gasteiger partial charge in [0.25, 0.3) is 15.7 Å². The molecule has 24 heavy (non-hydrogen) atoms. The van der Waals surface area contributed by atoms with Gasteiger partial charge in [0.1, 0.15) is 5.75 Å². The van der Waals surface area contributed by atoms with Crippen molar-refractivity contribution in [1.82, 2.24) is 0 Å². The van der Waals surface area contributed by atoms with E-state index in [9.17, 15) is 18.5 Å². The van der Waals surface area contributed by atoms with Crippen LogP contribution in [0.3, 0.4) is 0 Å². The van der Waals surface area contributed by atoms with Crippen LogP contribution in [0.25, 0.3) is 0 Å². The Bertz CT molecular complexity index is 899. The van der Waals surface area contributed by atoms with Crippen LogP contribution in [-0.4, -0.2) is 27.5 Å². The number of benzene rings is 2. The van der Waals surface area contributed by atoms with Crippen molar-refractivity contribution < 1.29 is 18.1 Å². The average molecular weight is 371 g/mol. The molecule has 0 bridgehead atoms. The Morgan fingerprint density at radius 2 is 1.88 bits per heavy atom. The van der Waals surface area contributed by atoms with E-state index >= 15 is 0 Å².